The fraction of sp³-hybridized carbons (Fsp3) is 0.500. The number of aromatic amines is 1. The lowest BCUT2D eigenvalue weighted by Crippen LogP contribution is -2.34. The quantitative estimate of drug-likeness (QED) is 0.943. The van der Waals surface area contributed by atoms with E-state index in [-0.39, 0.29) is 0 Å². The molecule has 4 rings (SSSR count). The molecule has 2 aliphatic rings. The molecule has 0 amide bonds. The van der Waals surface area contributed by atoms with E-state index in [0.717, 1.165) is 36.8 Å². The Morgan fingerprint density at radius 1 is 1.17 bits per heavy atom. The van der Waals surface area contributed by atoms with Gasteiger partial charge in [0.1, 0.15) is 5.82 Å². The average Bonchev–Trinajstić information content (AvgIpc) is 3.33. The van der Waals surface area contributed by atoms with Crippen LogP contribution in [0.3, 0.4) is 0 Å². The number of nitriles is 1. The van der Waals surface area contributed by atoms with Crippen molar-refractivity contribution in [3.8, 4) is 6.07 Å². The molecule has 1 saturated carbocycles. The molecule has 0 spiro atoms. The number of aromatic nitrogens is 3. The standard InChI is InChI=1S/C18H21N5/c19-10-13-3-5-14(6-4-13)11-23-9-1-2-16(12-23)18-20-17(21-22-18)15-7-8-15/h3-6,15-16H,1-2,7-9,11-12H2,(H,20,21,22). The van der Waals surface area contributed by atoms with Crippen LogP contribution in [-0.2, 0) is 6.54 Å². The van der Waals surface area contributed by atoms with Crippen molar-refractivity contribution in [2.75, 3.05) is 13.1 Å². The van der Waals surface area contributed by atoms with Gasteiger partial charge in [0.2, 0.25) is 0 Å². The van der Waals surface area contributed by atoms with Crippen molar-refractivity contribution < 1.29 is 0 Å². The average molecular weight is 307 g/mol. The summed E-state index contributed by atoms with van der Waals surface area (Å²) < 4.78 is 0. The zero-order valence-corrected chi connectivity index (χ0v) is 13.2. The van der Waals surface area contributed by atoms with E-state index >= 15 is 0 Å². The number of rotatable bonds is 4. The summed E-state index contributed by atoms with van der Waals surface area (Å²) in [7, 11) is 0. The lowest BCUT2D eigenvalue weighted by molar-refractivity contribution is 0.196. The number of likely N-dealkylation sites (tertiary alicyclic amines) is 1. The Labute approximate surface area is 136 Å². The van der Waals surface area contributed by atoms with Gasteiger partial charge in [-0.05, 0) is 49.9 Å². The van der Waals surface area contributed by atoms with Crippen LogP contribution in [-0.4, -0.2) is 33.2 Å². The molecule has 0 radical (unpaired) electrons. The highest BCUT2D eigenvalue weighted by Crippen LogP contribution is 2.38. The molecule has 2 aromatic rings. The first kappa shape index (κ1) is 14.4. The van der Waals surface area contributed by atoms with Gasteiger partial charge in [0, 0.05) is 24.9 Å². The molecule has 118 valence electrons. The molecule has 1 N–H and O–H groups in total. The first-order chi connectivity index (χ1) is 11.3. The largest absolute Gasteiger partial charge is 0.298 e. The maximum atomic E-state index is 8.88. The summed E-state index contributed by atoms with van der Waals surface area (Å²) in [6, 6.07) is 10.1. The molecule has 0 bridgehead atoms. The van der Waals surface area contributed by atoms with Crippen LogP contribution in [0.4, 0.5) is 0 Å². The van der Waals surface area contributed by atoms with Crippen molar-refractivity contribution in [2.45, 2.75) is 44.1 Å². The van der Waals surface area contributed by atoms with E-state index in [9.17, 15) is 0 Å². The molecule has 1 unspecified atom stereocenters. The van der Waals surface area contributed by atoms with E-state index in [2.05, 4.69) is 33.3 Å². The van der Waals surface area contributed by atoms with Crippen LogP contribution in [0, 0.1) is 11.3 Å². The number of hydrogen-bond acceptors (Lipinski definition) is 4. The van der Waals surface area contributed by atoms with Crippen LogP contribution in [0.15, 0.2) is 24.3 Å². The summed E-state index contributed by atoms with van der Waals surface area (Å²) in [5.74, 6) is 3.15. The van der Waals surface area contributed by atoms with Crippen molar-refractivity contribution in [1.82, 2.24) is 20.1 Å². The van der Waals surface area contributed by atoms with E-state index < -0.39 is 0 Å². The lowest BCUT2D eigenvalue weighted by atomic mass is 9.97. The maximum absolute atomic E-state index is 8.88. The molecule has 23 heavy (non-hydrogen) atoms. The number of nitrogens with zero attached hydrogens (tertiary/aromatic N) is 4. The molecule has 1 aliphatic heterocycles. The van der Waals surface area contributed by atoms with Gasteiger partial charge in [-0.2, -0.15) is 10.4 Å². The fourth-order valence-corrected chi connectivity index (χ4v) is 3.36. The van der Waals surface area contributed by atoms with Crippen LogP contribution in [0.25, 0.3) is 0 Å². The molecular formula is C18H21N5. The normalized spacial score (nSPS) is 22.0. The van der Waals surface area contributed by atoms with Crippen molar-refractivity contribution in [1.29, 1.82) is 5.26 Å². The third kappa shape index (κ3) is 3.27. The second kappa shape index (κ2) is 6.13. The zero-order valence-electron chi connectivity index (χ0n) is 13.2. The summed E-state index contributed by atoms with van der Waals surface area (Å²) in [6.45, 7) is 3.07. The van der Waals surface area contributed by atoms with Gasteiger partial charge < -0.3 is 0 Å². The van der Waals surface area contributed by atoms with Crippen LogP contribution < -0.4 is 0 Å². The minimum Gasteiger partial charge on any atom is -0.298 e. The van der Waals surface area contributed by atoms with Gasteiger partial charge in [-0.15, -0.1) is 0 Å². The topological polar surface area (TPSA) is 68.6 Å². The monoisotopic (exact) mass is 307 g/mol. The summed E-state index contributed by atoms with van der Waals surface area (Å²) >= 11 is 0. The predicted octanol–water partition coefficient (Wildman–Crippen LogP) is 2.93. The fourth-order valence-electron chi connectivity index (χ4n) is 3.36. The van der Waals surface area contributed by atoms with E-state index in [1.165, 1.54) is 31.2 Å². The van der Waals surface area contributed by atoms with Crippen molar-refractivity contribution >= 4 is 0 Å². The molecule has 1 aliphatic carbocycles. The highest BCUT2D eigenvalue weighted by Gasteiger charge is 2.30. The van der Waals surface area contributed by atoms with Gasteiger partial charge in [-0.3, -0.25) is 10.00 Å². The molecule has 5 heteroatoms. The third-order valence-electron chi connectivity index (χ3n) is 4.84. The summed E-state index contributed by atoms with van der Waals surface area (Å²) in [4.78, 5) is 7.21. The Kier molecular flexibility index (Phi) is 3.84. The van der Waals surface area contributed by atoms with Crippen molar-refractivity contribution in [3.05, 3.63) is 47.0 Å². The Balaban J connectivity index is 1.40. The Morgan fingerprint density at radius 2 is 2.00 bits per heavy atom. The summed E-state index contributed by atoms with van der Waals surface area (Å²) in [5, 5.41) is 16.5. The molecule has 5 nitrogen and oxygen atoms in total. The Bertz CT molecular complexity index is 708. The van der Waals surface area contributed by atoms with Gasteiger partial charge in [-0.1, -0.05) is 12.1 Å². The van der Waals surface area contributed by atoms with Crippen molar-refractivity contribution in [3.63, 3.8) is 0 Å². The smallest absolute Gasteiger partial charge is 0.155 e. The summed E-state index contributed by atoms with van der Waals surface area (Å²) in [5.41, 5.74) is 1.98. The highest BCUT2D eigenvalue weighted by atomic mass is 15.2. The summed E-state index contributed by atoms with van der Waals surface area (Å²) in [6.07, 6.45) is 4.87. The van der Waals surface area contributed by atoms with Crippen LogP contribution in [0.1, 0.15) is 60.3 Å². The minimum absolute atomic E-state index is 0.436. The molecular weight excluding hydrogens is 286 g/mol. The minimum atomic E-state index is 0.436. The number of hydrogen-bond donors (Lipinski definition) is 1. The number of H-pyrrole nitrogens is 1. The molecule has 1 aromatic heterocycles. The highest BCUT2D eigenvalue weighted by molar-refractivity contribution is 5.31. The van der Waals surface area contributed by atoms with Crippen molar-refractivity contribution in [2.24, 2.45) is 0 Å². The van der Waals surface area contributed by atoms with Gasteiger partial charge in [0.05, 0.1) is 11.6 Å². The second-order valence-electron chi connectivity index (χ2n) is 6.74. The zero-order chi connectivity index (χ0) is 15.6. The van der Waals surface area contributed by atoms with E-state index in [0.29, 0.717) is 11.8 Å². The number of nitrogens with one attached hydrogen (secondary N) is 1. The molecule has 1 aromatic carbocycles. The van der Waals surface area contributed by atoms with E-state index in [1.807, 2.05) is 12.1 Å². The Morgan fingerprint density at radius 3 is 2.74 bits per heavy atom. The maximum Gasteiger partial charge on any atom is 0.155 e. The molecule has 2 fully saturated rings. The van der Waals surface area contributed by atoms with Crippen LogP contribution >= 0.6 is 0 Å². The number of piperidine rings is 1. The van der Waals surface area contributed by atoms with Gasteiger partial charge in [0.15, 0.2) is 5.82 Å². The van der Waals surface area contributed by atoms with E-state index in [4.69, 9.17) is 10.2 Å². The molecule has 2 heterocycles. The predicted molar refractivity (Wildman–Crippen MR) is 86.8 cm³/mol. The third-order valence-corrected chi connectivity index (χ3v) is 4.84. The van der Waals surface area contributed by atoms with Gasteiger partial charge >= 0.3 is 0 Å². The van der Waals surface area contributed by atoms with Crippen LogP contribution in [0.5, 0.6) is 0 Å². The number of benzene rings is 1. The lowest BCUT2D eigenvalue weighted by Gasteiger charge is -2.31. The molecule has 1 saturated heterocycles. The SMILES string of the molecule is N#Cc1ccc(CN2CCCC(c3n[nH]c(C4CC4)n3)C2)cc1. The second-order valence-corrected chi connectivity index (χ2v) is 6.74. The first-order valence-electron chi connectivity index (χ1n) is 8.45. The van der Waals surface area contributed by atoms with Crippen LogP contribution in [0.2, 0.25) is 0 Å². The van der Waals surface area contributed by atoms with Gasteiger partial charge in [-0.25, -0.2) is 4.98 Å². The van der Waals surface area contributed by atoms with E-state index in [1.54, 1.807) is 0 Å². The molecule has 1 atom stereocenters. The Hall–Kier alpha value is -2.19. The van der Waals surface area contributed by atoms with Gasteiger partial charge in [0.25, 0.3) is 0 Å². The first-order valence-corrected chi connectivity index (χ1v) is 8.45.